The van der Waals surface area contributed by atoms with E-state index in [-0.39, 0.29) is 6.04 Å². The van der Waals surface area contributed by atoms with Crippen molar-refractivity contribution in [1.82, 2.24) is 5.32 Å². The second kappa shape index (κ2) is 11.7. The van der Waals surface area contributed by atoms with E-state index in [1.165, 1.54) is 11.1 Å². The predicted octanol–water partition coefficient (Wildman–Crippen LogP) is 5.72. The number of benzene rings is 3. The minimum Gasteiger partial charge on any atom is -0.496 e. The molecule has 0 radical (unpaired) electrons. The molecular weight excluding hydrogens is 426 g/mol. The number of hydrogen-bond acceptors (Lipinski definition) is 5. The standard InChI is InChI=1S/C29H33NO4/c1-4-33-20-24-16-21(11-13-27(24)31-2)10-12-26-25-18-28(32-3)29(17-23(25)14-15-30-26)34-19-22-8-6-5-7-9-22/h5-13,16-18,26,30H,4,14-15,19-20H2,1-3H3/b12-10+. The van der Waals surface area contributed by atoms with Crippen LogP contribution in [-0.4, -0.2) is 27.4 Å². The fourth-order valence-corrected chi connectivity index (χ4v) is 4.21. The quantitative estimate of drug-likeness (QED) is 0.420. The van der Waals surface area contributed by atoms with Gasteiger partial charge in [0, 0.05) is 18.7 Å². The van der Waals surface area contributed by atoms with Crippen molar-refractivity contribution in [2.24, 2.45) is 0 Å². The number of fused-ring (bicyclic) bond motifs is 1. The normalized spacial score (nSPS) is 15.2. The molecule has 0 saturated heterocycles. The van der Waals surface area contributed by atoms with Gasteiger partial charge >= 0.3 is 0 Å². The van der Waals surface area contributed by atoms with Crippen molar-refractivity contribution in [3.05, 3.63) is 94.6 Å². The van der Waals surface area contributed by atoms with Crippen LogP contribution in [0.15, 0.2) is 66.7 Å². The van der Waals surface area contributed by atoms with Crippen LogP contribution in [0, 0.1) is 0 Å². The zero-order chi connectivity index (χ0) is 23.8. The molecule has 0 aromatic heterocycles. The molecule has 5 heteroatoms. The van der Waals surface area contributed by atoms with Gasteiger partial charge in [-0.25, -0.2) is 0 Å². The fraction of sp³-hybridized carbons (Fsp3) is 0.310. The summed E-state index contributed by atoms with van der Waals surface area (Å²) < 4.78 is 22.9. The second-order valence-corrected chi connectivity index (χ2v) is 8.23. The van der Waals surface area contributed by atoms with Crippen molar-refractivity contribution in [3.63, 3.8) is 0 Å². The summed E-state index contributed by atoms with van der Waals surface area (Å²) in [4.78, 5) is 0. The molecule has 0 spiro atoms. The first-order valence-corrected chi connectivity index (χ1v) is 11.8. The number of rotatable bonds is 10. The van der Waals surface area contributed by atoms with Gasteiger partial charge in [-0.05, 0) is 59.9 Å². The Balaban J connectivity index is 1.54. The molecule has 3 aromatic carbocycles. The van der Waals surface area contributed by atoms with Crippen molar-refractivity contribution in [1.29, 1.82) is 0 Å². The fourth-order valence-electron chi connectivity index (χ4n) is 4.21. The van der Waals surface area contributed by atoms with Gasteiger partial charge in [0.1, 0.15) is 12.4 Å². The van der Waals surface area contributed by atoms with Gasteiger partial charge in [0.25, 0.3) is 0 Å². The van der Waals surface area contributed by atoms with E-state index >= 15 is 0 Å². The average molecular weight is 460 g/mol. The van der Waals surface area contributed by atoms with Crippen molar-refractivity contribution in [2.75, 3.05) is 27.4 Å². The largest absolute Gasteiger partial charge is 0.496 e. The van der Waals surface area contributed by atoms with Gasteiger partial charge in [-0.2, -0.15) is 0 Å². The first kappa shape index (κ1) is 23.9. The van der Waals surface area contributed by atoms with Crippen LogP contribution >= 0.6 is 0 Å². The molecule has 3 aromatic rings. The predicted molar refractivity (Wildman–Crippen MR) is 136 cm³/mol. The molecule has 0 amide bonds. The minimum atomic E-state index is 0.0956. The van der Waals surface area contributed by atoms with Crippen molar-refractivity contribution >= 4 is 6.08 Å². The maximum atomic E-state index is 6.12. The van der Waals surface area contributed by atoms with Gasteiger partial charge < -0.3 is 24.3 Å². The highest BCUT2D eigenvalue weighted by atomic mass is 16.5. The topological polar surface area (TPSA) is 49.0 Å². The zero-order valence-corrected chi connectivity index (χ0v) is 20.2. The molecule has 4 rings (SSSR count). The Morgan fingerprint density at radius 1 is 0.912 bits per heavy atom. The number of ether oxygens (including phenoxy) is 4. The zero-order valence-electron chi connectivity index (χ0n) is 20.2. The minimum absolute atomic E-state index is 0.0956. The highest BCUT2D eigenvalue weighted by Crippen LogP contribution is 2.36. The lowest BCUT2D eigenvalue weighted by Gasteiger charge is -2.26. The molecule has 34 heavy (non-hydrogen) atoms. The Bertz CT molecular complexity index is 1110. The monoisotopic (exact) mass is 459 g/mol. The summed E-state index contributed by atoms with van der Waals surface area (Å²) in [6.45, 7) is 4.62. The van der Waals surface area contributed by atoms with Crippen LogP contribution < -0.4 is 19.5 Å². The third-order valence-corrected chi connectivity index (χ3v) is 6.00. The Morgan fingerprint density at radius 2 is 1.74 bits per heavy atom. The van der Waals surface area contributed by atoms with Crippen molar-refractivity contribution in [2.45, 2.75) is 32.6 Å². The van der Waals surface area contributed by atoms with E-state index in [4.69, 9.17) is 18.9 Å². The molecule has 178 valence electrons. The molecule has 0 saturated carbocycles. The van der Waals surface area contributed by atoms with Crippen LogP contribution in [0.1, 0.15) is 40.8 Å². The van der Waals surface area contributed by atoms with Gasteiger partial charge in [0.2, 0.25) is 0 Å². The number of nitrogens with one attached hydrogen (secondary N) is 1. The lowest BCUT2D eigenvalue weighted by Crippen LogP contribution is -2.28. The maximum Gasteiger partial charge on any atom is 0.161 e. The molecule has 0 fully saturated rings. The lowest BCUT2D eigenvalue weighted by atomic mass is 9.93. The summed E-state index contributed by atoms with van der Waals surface area (Å²) >= 11 is 0. The Morgan fingerprint density at radius 3 is 2.50 bits per heavy atom. The smallest absolute Gasteiger partial charge is 0.161 e. The second-order valence-electron chi connectivity index (χ2n) is 8.23. The summed E-state index contributed by atoms with van der Waals surface area (Å²) in [5.74, 6) is 2.38. The average Bonchev–Trinajstić information content (AvgIpc) is 2.89. The van der Waals surface area contributed by atoms with E-state index in [1.807, 2.05) is 31.2 Å². The van der Waals surface area contributed by atoms with Gasteiger partial charge in [0.05, 0.1) is 26.9 Å². The van der Waals surface area contributed by atoms with Gasteiger partial charge in [-0.15, -0.1) is 0 Å². The van der Waals surface area contributed by atoms with Crippen LogP contribution in [0.2, 0.25) is 0 Å². The van der Waals surface area contributed by atoms with Crippen LogP contribution in [0.4, 0.5) is 0 Å². The highest BCUT2D eigenvalue weighted by Gasteiger charge is 2.21. The molecule has 1 atom stereocenters. The third-order valence-electron chi connectivity index (χ3n) is 6.00. The van der Waals surface area contributed by atoms with E-state index in [0.29, 0.717) is 19.8 Å². The van der Waals surface area contributed by atoms with Gasteiger partial charge in [-0.1, -0.05) is 48.6 Å². The summed E-state index contributed by atoms with van der Waals surface area (Å²) in [7, 11) is 3.38. The summed E-state index contributed by atoms with van der Waals surface area (Å²) in [6, 6.07) is 20.7. The van der Waals surface area contributed by atoms with E-state index < -0.39 is 0 Å². The van der Waals surface area contributed by atoms with Gasteiger partial charge in [-0.3, -0.25) is 0 Å². The van der Waals surface area contributed by atoms with Crippen molar-refractivity contribution in [3.8, 4) is 17.2 Å². The summed E-state index contributed by atoms with van der Waals surface area (Å²) in [5, 5.41) is 3.61. The van der Waals surface area contributed by atoms with E-state index in [2.05, 4.69) is 53.9 Å². The van der Waals surface area contributed by atoms with Crippen molar-refractivity contribution < 1.29 is 18.9 Å². The summed E-state index contributed by atoms with van der Waals surface area (Å²) in [5.41, 5.74) is 5.79. The number of methoxy groups -OCH3 is 2. The number of hydrogen-bond donors (Lipinski definition) is 1. The van der Waals surface area contributed by atoms with E-state index in [0.717, 1.165) is 46.9 Å². The first-order valence-electron chi connectivity index (χ1n) is 11.8. The molecule has 1 heterocycles. The Kier molecular flexibility index (Phi) is 8.23. The molecular formula is C29H33NO4. The van der Waals surface area contributed by atoms with Crippen LogP contribution in [0.25, 0.3) is 6.08 Å². The Labute approximate surface area is 202 Å². The van der Waals surface area contributed by atoms with Crippen LogP contribution in [0.5, 0.6) is 17.2 Å². The maximum absolute atomic E-state index is 6.12. The molecule has 1 unspecified atom stereocenters. The molecule has 1 aliphatic heterocycles. The SMILES string of the molecule is CCOCc1cc(/C=C/C2NCCc3cc(OCc4ccccc4)c(OC)cc32)ccc1OC. The summed E-state index contributed by atoms with van der Waals surface area (Å²) in [6.07, 6.45) is 5.30. The van der Waals surface area contributed by atoms with E-state index in [1.54, 1.807) is 14.2 Å². The molecule has 0 bridgehead atoms. The molecule has 1 aliphatic rings. The molecule has 0 aliphatic carbocycles. The third kappa shape index (κ3) is 5.79. The Hall–Kier alpha value is -3.28. The lowest BCUT2D eigenvalue weighted by molar-refractivity contribution is 0.132. The van der Waals surface area contributed by atoms with E-state index in [9.17, 15) is 0 Å². The highest BCUT2D eigenvalue weighted by molar-refractivity contribution is 5.56. The van der Waals surface area contributed by atoms with Gasteiger partial charge in [0.15, 0.2) is 11.5 Å². The van der Waals surface area contributed by atoms with Crippen LogP contribution in [-0.2, 0) is 24.4 Å². The molecule has 1 N–H and O–H groups in total. The molecule has 5 nitrogen and oxygen atoms in total. The van der Waals surface area contributed by atoms with Crippen LogP contribution in [0.3, 0.4) is 0 Å². The first-order chi connectivity index (χ1) is 16.7.